The second-order valence-corrected chi connectivity index (χ2v) is 6.92. The summed E-state index contributed by atoms with van der Waals surface area (Å²) in [6.45, 7) is 4.25. The number of morpholine rings is 1. The Labute approximate surface area is 162 Å². The molecular formula is C20H20ClN3O3. The highest BCUT2D eigenvalue weighted by Gasteiger charge is 2.20. The predicted octanol–water partition coefficient (Wildman–Crippen LogP) is 4.13. The summed E-state index contributed by atoms with van der Waals surface area (Å²) in [6.07, 6.45) is 1.55. The zero-order valence-electron chi connectivity index (χ0n) is 14.9. The molecule has 1 atom stereocenters. The van der Waals surface area contributed by atoms with E-state index >= 15 is 0 Å². The van der Waals surface area contributed by atoms with Gasteiger partial charge in [0, 0.05) is 24.7 Å². The topological polar surface area (TPSA) is 67.6 Å². The van der Waals surface area contributed by atoms with Crippen molar-refractivity contribution < 1.29 is 13.9 Å². The van der Waals surface area contributed by atoms with Crippen molar-refractivity contribution in [2.45, 2.75) is 13.0 Å². The highest BCUT2D eigenvalue weighted by atomic mass is 35.5. The number of fused-ring (bicyclic) bond motifs is 1. The minimum atomic E-state index is -0.122. The molecule has 1 N–H and O–H groups in total. The van der Waals surface area contributed by atoms with E-state index in [1.54, 1.807) is 17.2 Å². The maximum atomic E-state index is 12.5. The van der Waals surface area contributed by atoms with Crippen LogP contribution in [0.25, 0.3) is 11.0 Å². The Morgan fingerprint density at radius 2 is 2.04 bits per heavy atom. The van der Waals surface area contributed by atoms with Gasteiger partial charge in [0.1, 0.15) is 17.2 Å². The van der Waals surface area contributed by atoms with Gasteiger partial charge in [-0.1, -0.05) is 29.8 Å². The number of amides is 1. The fraction of sp³-hybridized carbons (Fsp3) is 0.300. The lowest BCUT2D eigenvalue weighted by Gasteiger charge is -2.26. The molecule has 1 fully saturated rings. The first-order valence-electron chi connectivity index (χ1n) is 8.89. The molecule has 2 aromatic heterocycles. The molecular weight excluding hydrogens is 366 g/mol. The Bertz CT molecular complexity index is 933. The average molecular weight is 386 g/mol. The number of nitrogens with one attached hydrogen (secondary N) is 1. The third kappa shape index (κ3) is 3.77. The highest BCUT2D eigenvalue weighted by molar-refractivity contribution is 6.33. The van der Waals surface area contributed by atoms with Crippen molar-refractivity contribution in [1.82, 2.24) is 9.88 Å². The average Bonchev–Trinajstić information content (AvgIpc) is 3.14. The molecule has 1 aliphatic heterocycles. The van der Waals surface area contributed by atoms with Gasteiger partial charge in [-0.2, -0.15) is 0 Å². The van der Waals surface area contributed by atoms with Gasteiger partial charge in [0.25, 0.3) is 5.91 Å². The largest absolute Gasteiger partial charge is 0.459 e. The van der Waals surface area contributed by atoms with Crippen molar-refractivity contribution in [2.24, 2.45) is 0 Å². The number of ether oxygens (including phenoxy) is 1. The Morgan fingerprint density at radius 1 is 1.26 bits per heavy atom. The van der Waals surface area contributed by atoms with Crippen molar-refractivity contribution in [3.05, 3.63) is 58.9 Å². The van der Waals surface area contributed by atoms with E-state index in [0.29, 0.717) is 42.7 Å². The fourth-order valence-corrected chi connectivity index (χ4v) is 3.32. The molecule has 1 aliphatic rings. The summed E-state index contributed by atoms with van der Waals surface area (Å²) in [4.78, 5) is 18.6. The maximum absolute atomic E-state index is 12.5. The first-order valence-corrected chi connectivity index (χ1v) is 9.27. The summed E-state index contributed by atoms with van der Waals surface area (Å²) < 4.78 is 11.2. The lowest BCUT2D eigenvalue weighted by Crippen LogP contribution is -2.40. The molecule has 7 heteroatoms. The summed E-state index contributed by atoms with van der Waals surface area (Å²) in [7, 11) is 0. The number of hydrogen-bond donors (Lipinski definition) is 1. The Hall–Kier alpha value is -2.57. The van der Waals surface area contributed by atoms with Gasteiger partial charge in [-0.3, -0.25) is 4.79 Å². The number of anilines is 1. The third-order valence-electron chi connectivity index (χ3n) is 4.61. The van der Waals surface area contributed by atoms with Crippen LogP contribution in [0.3, 0.4) is 0 Å². The molecule has 27 heavy (non-hydrogen) atoms. The van der Waals surface area contributed by atoms with E-state index in [-0.39, 0.29) is 11.9 Å². The highest BCUT2D eigenvalue weighted by Crippen LogP contribution is 2.28. The van der Waals surface area contributed by atoms with Gasteiger partial charge >= 0.3 is 0 Å². The number of carbonyl (C=O) groups is 1. The van der Waals surface area contributed by atoms with Crippen LogP contribution in [0.4, 0.5) is 5.82 Å². The van der Waals surface area contributed by atoms with E-state index in [0.717, 1.165) is 16.7 Å². The third-order valence-corrected chi connectivity index (χ3v) is 4.90. The Balaban J connectivity index is 1.49. The molecule has 3 heterocycles. The van der Waals surface area contributed by atoms with Gasteiger partial charge in [-0.25, -0.2) is 4.98 Å². The number of carbonyl (C=O) groups excluding carboxylic acids is 1. The predicted molar refractivity (Wildman–Crippen MR) is 104 cm³/mol. The van der Waals surface area contributed by atoms with Crippen LogP contribution < -0.4 is 5.32 Å². The second-order valence-electron chi connectivity index (χ2n) is 6.51. The van der Waals surface area contributed by atoms with Crippen LogP contribution in [-0.2, 0) is 4.74 Å². The SMILES string of the molecule is C[C@@H](Nc1ncc(C(=O)N2CCOCC2)cc1Cl)c1cc2ccccc2o1. The quantitative estimate of drug-likeness (QED) is 0.731. The molecule has 0 unspecified atom stereocenters. The number of furan rings is 1. The minimum Gasteiger partial charge on any atom is -0.459 e. The van der Waals surface area contributed by atoms with Crippen LogP contribution in [-0.4, -0.2) is 42.1 Å². The van der Waals surface area contributed by atoms with Crippen LogP contribution in [0, 0.1) is 0 Å². The van der Waals surface area contributed by atoms with Gasteiger partial charge in [0.2, 0.25) is 0 Å². The number of halogens is 1. The normalized spacial score (nSPS) is 15.7. The van der Waals surface area contributed by atoms with Gasteiger partial charge in [0.15, 0.2) is 0 Å². The molecule has 0 saturated carbocycles. The van der Waals surface area contributed by atoms with Crippen LogP contribution in [0.1, 0.15) is 29.1 Å². The van der Waals surface area contributed by atoms with Gasteiger partial charge in [0.05, 0.1) is 29.8 Å². The van der Waals surface area contributed by atoms with Crippen LogP contribution in [0.2, 0.25) is 5.02 Å². The minimum absolute atomic E-state index is 0.0791. The molecule has 3 aromatic rings. The van der Waals surface area contributed by atoms with Gasteiger partial charge in [-0.15, -0.1) is 0 Å². The van der Waals surface area contributed by atoms with Crippen molar-refractivity contribution >= 4 is 34.3 Å². The van der Waals surface area contributed by atoms with Crippen molar-refractivity contribution in [3.63, 3.8) is 0 Å². The van der Waals surface area contributed by atoms with E-state index in [1.165, 1.54) is 0 Å². The first-order chi connectivity index (χ1) is 13.1. The number of nitrogens with zero attached hydrogens (tertiary/aromatic N) is 2. The molecule has 0 bridgehead atoms. The molecule has 0 spiro atoms. The summed E-state index contributed by atoms with van der Waals surface area (Å²) in [5.41, 5.74) is 1.32. The number of benzene rings is 1. The number of pyridine rings is 1. The summed E-state index contributed by atoms with van der Waals surface area (Å²) >= 11 is 6.37. The molecule has 4 rings (SSSR count). The van der Waals surface area contributed by atoms with Crippen LogP contribution in [0.15, 0.2) is 47.0 Å². The number of para-hydroxylation sites is 1. The molecule has 1 saturated heterocycles. The lowest BCUT2D eigenvalue weighted by atomic mass is 10.2. The standard InChI is InChI=1S/C20H20ClN3O3/c1-13(18-11-14-4-2-3-5-17(14)27-18)23-19-16(21)10-15(12-22-19)20(25)24-6-8-26-9-7-24/h2-5,10-13H,6-9H2,1H3,(H,22,23)/t13-/m1/s1. The molecule has 1 aromatic carbocycles. The number of aromatic nitrogens is 1. The Morgan fingerprint density at radius 3 is 2.78 bits per heavy atom. The van der Waals surface area contributed by atoms with Crippen LogP contribution >= 0.6 is 11.6 Å². The molecule has 140 valence electrons. The number of rotatable bonds is 4. The monoisotopic (exact) mass is 385 g/mol. The maximum Gasteiger partial charge on any atom is 0.255 e. The molecule has 0 radical (unpaired) electrons. The van der Waals surface area contributed by atoms with Gasteiger partial charge in [-0.05, 0) is 25.1 Å². The van der Waals surface area contributed by atoms with E-state index in [2.05, 4.69) is 10.3 Å². The smallest absolute Gasteiger partial charge is 0.255 e. The van der Waals surface area contributed by atoms with Crippen molar-refractivity contribution in [1.29, 1.82) is 0 Å². The van der Waals surface area contributed by atoms with Gasteiger partial charge < -0.3 is 19.4 Å². The zero-order valence-corrected chi connectivity index (χ0v) is 15.7. The lowest BCUT2D eigenvalue weighted by molar-refractivity contribution is 0.0302. The second kappa shape index (κ2) is 7.58. The van der Waals surface area contributed by atoms with E-state index in [4.69, 9.17) is 20.8 Å². The van der Waals surface area contributed by atoms with E-state index in [1.807, 2.05) is 37.3 Å². The summed E-state index contributed by atoms with van der Waals surface area (Å²) in [5.74, 6) is 1.23. The summed E-state index contributed by atoms with van der Waals surface area (Å²) in [5, 5.41) is 4.70. The zero-order chi connectivity index (χ0) is 18.8. The van der Waals surface area contributed by atoms with Crippen LogP contribution in [0.5, 0.6) is 0 Å². The molecule has 6 nitrogen and oxygen atoms in total. The summed E-state index contributed by atoms with van der Waals surface area (Å²) in [6, 6.07) is 11.4. The van der Waals surface area contributed by atoms with Crippen molar-refractivity contribution in [2.75, 3.05) is 31.6 Å². The van der Waals surface area contributed by atoms with E-state index in [9.17, 15) is 4.79 Å². The first kappa shape index (κ1) is 17.8. The molecule has 0 aliphatic carbocycles. The van der Waals surface area contributed by atoms with E-state index < -0.39 is 0 Å². The fourth-order valence-electron chi connectivity index (χ4n) is 3.10. The Kier molecular flexibility index (Phi) is 5.01. The van der Waals surface area contributed by atoms with Crippen molar-refractivity contribution in [3.8, 4) is 0 Å². The molecule has 1 amide bonds. The number of hydrogen-bond acceptors (Lipinski definition) is 5.